The zero-order valence-electron chi connectivity index (χ0n) is 7.70. The lowest BCUT2D eigenvalue weighted by atomic mass is 9.87. The Morgan fingerprint density at radius 1 is 1.58 bits per heavy atom. The highest BCUT2D eigenvalue weighted by Gasteiger charge is 2.21. The maximum Gasteiger partial charge on any atom is 0.133 e. The molecule has 0 saturated carbocycles. The number of aryl methyl sites for hydroxylation is 1. The minimum atomic E-state index is 0.774. The Kier molecular flexibility index (Phi) is 1.87. The summed E-state index contributed by atoms with van der Waals surface area (Å²) in [7, 11) is 0. The Balaban J connectivity index is 2.15. The summed E-state index contributed by atoms with van der Waals surface area (Å²) in [5.41, 5.74) is 0. The van der Waals surface area contributed by atoms with Crippen LogP contribution in [0.25, 0.3) is 0 Å². The molecule has 12 heavy (non-hydrogen) atoms. The average Bonchev–Trinajstić information content (AvgIpc) is 2.49. The predicted molar refractivity (Wildman–Crippen MR) is 46.7 cm³/mol. The van der Waals surface area contributed by atoms with Gasteiger partial charge >= 0.3 is 0 Å². The van der Waals surface area contributed by atoms with Crippen molar-refractivity contribution in [1.82, 2.24) is 14.8 Å². The third-order valence-electron chi connectivity index (χ3n) is 2.82. The molecule has 0 saturated heterocycles. The molecule has 1 aliphatic heterocycles. The molecule has 0 unspecified atom stereocenters. The molecule has 0 aromatic carbocycles. The Hall–Kier alpha value is -0.860. The molecular formula is C9H15N3. The quantitative estimate of drug-likeness (QED) is 0.631. The van der Waals surface area contributed by atoms with E-state index in [1.807, 2.05) is 6.33 Å². The molecule has 3 heteroatoms. The molecule has 2 heterocycles. The Bertz CT molecular complexity index is 264. The van der Waals surface area contributed by atoms with Gasteiger partial charge in [0.2, 0.25) is 0 Å². The van der Waals surface area contributed by atoms with Crippen LogP contribution in [0.1, 0.15) is 26.1 Å². The van der Waals surface area contributed by atoms with Crippen LogP contribution in [0.15, 0.2) is 6.33 Å². The second-order valence-electron chi connectivity index (χ2n) is 3.94. The van der Waals surface area contributed by atoms with Crippen LogP contribution in [0, 0.1) is 11.8 Å². The molecule has 0 bridgehead atoms. The van der Waals surface area contributed by atoms with Crippen LogP contribution < -0.4 is 0 Å². The molecule has 1 aromatic rings. The summed E-state index contributed by atoms with van der Waals surface area (Å²) in [5.74, 6) is 2.75. The van der Waals surface area contributed by atoms with E-state index < -0.39 is 0 Å². The molecule has 0 aliphatic carbocycles. The van der Waals surface area contributed by atoms with Crippen molar-refractivity contribution in [3.63, 3.8) is 0 Å². The minimum Gasteiger partial charge on any atom is -0.318 e. The maximum absolute atomic E-state index is 4.10. The van der Waals surface area contributed by atoms with E-state index >= 15 is 0 Å². The van der Waals surface area contributed by atoms with Crippen molar-refractivity contribution in [2.24, 2.45) is 11.8 Å². The second-order valence-corrected chi connectivity index (χ2v) is 3.94. The van der Waals surface area contributed by atoms with Crippen molar-refractivity contribution < 1.29 is 0 Å². The molecule has 2 rings (SSSR count). The molecule has 66 valence electrons. The molecule has 3 nitrogen and oxygen atoms in total. The molecule has 0 N–H and O–H groups in total. The van der Waals surface area contributed by atoms with Gasteiger partial charge in [0.1, 0.15) is 12.2 Å². The summed E-state index contributed by atoms with van der Waals surface area (Å²) >= 11 is 0. The van der Waals surface area contributed by atoms with E-state index in [0.717, 1.165) is 24.8 Å². The molecule has 1 aromatic heterocycles. The highest BCUT2D eigenvalue weighted by atomic mass is 15.3. The molecule has 1 aliphatic rings. The third-order valence-corrected chi connectivity index (χ3v) is 2.82. The van der Waals surface area contributed by atoms with Crippen molar-refractivity contribution in [1.29, 1.82) is 0 Å². The van der Waals surface area contributed by atoms with Crippen molar-refractivity contribution in [3.05, 3.63) is 12.2 Å². The summed E-state index contributed by atoms with van der Waals surface area (Å²) in [6, 6.07) is 0. The van der Waals surface area contributed by atoms with Crippen LogP contribution in [0.3, 0.4) is 0 Å². The van der Waals surface area contributed by atoms with E-state index in [-0.39, 0.29) is 0 Å². The van der Waals surface area contributed by atoms with Gasteiger partial charge < -0.3 is 4.57 Å². The van der Waals surface area contributed by atoms with Crippen molar-refractivity contribution in [2.45, 2.75) is 33.2 Å². The summed E-state index contributed by atoms with van der Waals surface area (Å²) in [6.45, 7) is 5.68. The minimum absolute atomic E-state index is 0.774. The van der Waals surface area contributed by atoms with Crippen LogP contribution in [-0.2, 0) is 13.0 Å². The van der Waals surface area contributed by atoms with Gasteiger partial charge in [-0.05, 0) is 18.3 Å². The molecule has 0 fully saturated rings. The number of fused-ring (bicyclic) bond motifs is 1. The van der Waals surface area contributed by atoms with Gasteiger partial charge in [0, 0.05) is 13.0 Å². The topological polar surface area (TPSA) is 30.7 Å². The number of nitrogens with zero attached hydrogens (tertiary/aromatic N) is 3. The molecule has 0 radical (unpaired) electrons. The Morgan fingerprint density at radius 2 is 2.42 bits per heavy atom. The van der Waals surface area contributed by atoms with E-state index in [2.05, 4.69) is 28.6 Å². The normalized spacial score (nSPS) is 22.8. The molecular weight excluding hydrogens is 150 g/mol. The molecule has 0 spiro atoms. The molecule has 1 atom stereocenters. The first-order valence-electron chi connectivity index (χ1n) is 4.64. The first-order chi connectivity index (χ1) is 5.77. The van der Waals surface area contributed by atoms with Crippen LogP contribution in [0.4, 0.5) is 0 Å². The highest BCUT2D eigenvalue weighted by molar-refractivity contribution is 4.92. The lowest BCUT2D eigenvalue weighted by Gasteiger charge is -2.25. The fourth-order valence-electron chi connectivity index (χ4n) is 1.83. The van der Waals surface area contributed by atoms with Gasteiger partial charge in [-0.25, -0.2) is 0 Å². The fraction of sp³-hybridized carbons (Fsp3) is 0.778. The van der Waals surface area contributed by atoms with Gasteiger partial charge in [0.25, 0.3) is 0 Å². The van der Waals surface area contributed by atoms with Gasteiger partial charge in [0.05, 0.1) is 0 Å². The van der Waals surface area contributed by atoms with E-state index in [9.17, 15) is 0 Å². The van der Waals surface area contributed by atoms with E-state index in [4.69, 9.17) is 0 Å². The van der Waals surface area contributed by atoms with Gasteiger partial charge in [-0.1, -0.05) is 13.8 Å². The number of aromatic nitrogens is 3. The standard InChI is InChI=1S/C9H15N3/c1-7(2)8-3-4-12-6-10-11-9(12)5-8/h6-8H,3-5H2,1-2H3/t8-/m0/s1. The average molecular weight is 165 g/mol. The largest absolute Gasteiger partial charge is 0.318 e. The maximum atomic E-state index is 4.10. The lowest BCUT2D eigenvalue weighted by Crippen LogP contribution is -2.22. The first kappa shape index (κ1) is 7.77. The monoisotopic (exact) mass is 165 g/mol. The van der Waals surface area contributed by atoms with Gasteiger partial charge in [-0.15, -0.1) is 10.2 Å². The highest BCUT2D eigenvalue weighted by Crippen LogP contribution is 2.24. The zero-order chi connectivity index (χ0) is 8.55. The van der Waals surface area contributed by atoms with Crippen LogP contribution in [-0.4, -0.2) is 14.8 Å². The number of hydrogen-bond acceptors (Lipinski definition) is 2. The predicted octanol–water partition coefficient (Wildman–Crippen LogP) is 1.50. The second kappa shape index (κ2) is 2.88. The lowest BCUT2D eigenvalue weighted by molar-refractivity contribution is 0.298. The van der Waals surface area contributed by atoms with Crippen molar-refractivity contribution >= 4 is 0 Å². The van der Waals surface area contributed by atoms with Crippen LogP contribution >= 0.6 is 0 Å². The number of rotatable bonds is 1. The van der Waals surface area contributed by atoms with Gasteiger partial charge in [-0.2, -0.15) is 0 Å². The SMILES string of the molecule is CC(C)[C@H]1CCn2cnnc2C1. The number of hydrogen-bond donors (Lipinski definition) is 0. The van der Waals surface area contributed by atoms with E-state index in [1.165, 1.54) is 12.2 Å². The summed E-state index contributed by atoms with van der Waals surface area (Å²) < 4.78 is 2.17. The summed E-state index contributed by atoms with van der Waals surface area (Å²) in [6.07, 6.45) is 4.23. The van der Waals surface area contributed by atoms with Crippen molar-refractivity contribution in [2.75, 3.05) is 0 Å². The first-order valence-corrected chi connectivity index (χ1v) is 4.64. The van der Waals surface area contributed by atoms with E-state index in [0.29, 0.717) is 0 Å². The Morgan fingerprint density at radius 3 is 3.17 bits per heavy atom. The van der Waals surface area contributed by atoms with Crippen LogP contribution in [0.5, 0.6) is 0 Å². The zero-order valence-corrected chi connectivity index (χ0v) is 7.70. The van der Waals surface area contributed by atoms with Gasteiger partial charge in [0.15, 0.2) is 0 Å². The Labute approximate surface area is 72.8 Å². The fourth-order valence-corrected chi connectivity index (χ4v) is 1.83. The molecule has 0 amide bonds. The smallest absolute Gasteiger partial charge is 0.133 e. The van der Waals surface area contributed by atoms with Crippen molar-refractivity contribution in [3.8, 4) is 0 Å². The summed E-state index contributed by atoms with van der Waals surface area (Å²) in [4.78, 5) is 0. The third kappa shape index (κ3) is 1.24. The van der Waals surface area contributed by atoms with Crippen LogP contribution in [0.2, 0.25) is 0 Å². The van der Waals surface area contributed by atoms with E-state index in [1.54, 1.807) is 0 Å². The van der Waals surface area contributed by atoms with Gasteiger partial charge in [-0.3, -0.25) is 0 Å². The summed E-state index contributed by atoms with van der Waals surface area (Å²) in [5, 5.41) is 8.01.